The molecule has 14 heavy (non-hydrogen) atoms. The fourth-order valence-electron chi connectivity index (χ4n) is 1.38. The van der Waals surface area contributed by atoms with Crippen LogP contribution in [0.3, 0.4) is 0 Å². The van der Waals surface area contributed by atoms with Crippen molar-refractivity contribution >= 4 is 40.6 Å². The van der Waals surface area contributed by atoms with Gasteiger partial charge in [-0.25, -0.2) is 0 Å². The summed E-state index contributed by atoms with van der Waals surface area (Å²) in [7, 11) is 0. The van der Waals surface area contributed by atoms with E-state index < -0.39 is 9.21 Å². The summed E-state index contributed by atoms with van der Waals surface area (Å²) in [6.07, 6.45) is 3.24. The summed E-state index contributed by atoms with van der Waals surface area (Å²) in [4.78, 5) is 11.3. The van der Waals surface area contributed by atoms with Crippen molar-refractivity contribution < 1.29 is 4.79 Å². The molecule has 0 bridgehead atoms. The summed E-state index contributed by atoms with van der Waals surface area (Å²) < 4.78 is -1.43. The zero-order valence-corrected chi connectivity index (χ0v) is 10.5. The van der Waals surface area contributed by atoms with E-state index in [0.717, 1.165) is 5.57 Å². The Kier molecular flexibility index (Phi) is 3.07. The van der Waals surface area contributed by atoms with Gasteiger partial charge in [0.15, 0.2) is 5.78 Å². The van der Waals surface area contributed by atoms with E-state index in [9.17, 15) is 4.79 Å². The first kappa shape index (κ1) is 12.1. The lowest BCUT2D eigenvalue weighted by molar-refractivity contribution is -0.111. The van der Waals surface area contributed by atoms with Crippen LogP contribution in [-0.2, 0) is 4.79 Å². The number of ketones is 1. The molecule has 0 saturated heterocycles. The minimum Gasteiger partial charge on any atom is -0.290 e. The molecule has 0 fully saturated rings. The van der Waals surface area contributed by atoms with Gasteiger partial charge in [-0.15, -0.1) is 0 Å². The number of allylic oxidation sites excluding steroid dienone is 4. The number of hydrogen-bond donors (Lipinski definition) is 0. The molecule has 1 atom stereocenters. The number of rotatable bonds is 0. The number of hydrogen-bond acceptors (Lipinski definition) is 1. The highest BCUT2D eigenvalue weighted by Gasteiger charge is 2.46. The van der Waals surface area contributed by atoms with Crippen molar-refractivity contribution in [3.63, 3.8) is 0 Å². The standard InChI is InChI=1S/C10H11Cl3O/c1-6-5-9(3,10(11,12)13)7(2)4-8(6)14/h4-5H,1-3H3/t9-/m0/s1. The van der Waals surface area contributed by atoms with Crippen LogP contribution in [0.2, 0.25) is 0 Å². The lowest BCUT2D eigenvalue weighted by atomic mass is 9.78. The van der Waals surface area contributed by atoms with Crippen LogP contribution in [0.15, 0.2) is 23.3 Å². The molecule has 0 aliphatic heterocycles. The first-order valence-corrected chi connectivity index (χ1v) is 5.31. The average molecular weight is 254 g/mol. The number of carbonyl (C=O) groups is 1. The first-order chi connectivity index (χ1) is 6.18. The summed E-state index contributed by atoms with van der Waals surface area (Å²) in [5.41, 5.74) is 0.688. The zero-order valence-electron chi connectivity index (χ0n) is 8.20. The number of carbonyl (C=O) groups excluding carboxylic acids is 1. The Bertz CT molecular complexity index is 336. The van der Waals surface area contributed by atoms with E-state index >= 15 is 0 Å². The Balaban J connectivity index is 3.26. The van der Waals surface area contributed by atoms with Gasteiger partial charge in [0.2, 0.25) is 3.79 Å². The molecule has 0 saturated carbocycles. The lowest BCUT2D eigenvalue weighted by Gasteiger charge is -2.36. The van der Waals surface area contributed by atoms with E-state index in [0.29, 0.717) is 5.57 Å². The van der Waals surface area contributed by atoms with Gasteiger partial charge in [0.1, 0.15) is 0 Å². The highest BCUT2D eigenvalue weighted by atomic mass is 35.6. The molecule has 1 nitrogen and oxygen atoms in total. The van der Waals surface area contributed by atoms with Crippen molar-refractivity contribution in [2.45, 2.75) is 24.6 Å². The Hall–Kier alpha value is 0.0200. The van der Waals surface area contributed by atoms with E-state index in [1.54, 1.807) is 19.9 Å². The van der Waals surface area contributed by atoms with Gasteiger partial charge in [-0.05, 0) is 32.4 Å². The molecule has 1 aliphatic carbocycles. The van der Waals surface area contributed by atoms with Gasteiger partial charge in [-0.3, -0.25) is 4.79 Å². The molecular weight excluding hydrogens is 242 g/mol. The molecule has 0 unspecified atom stereocenters. The van der Waals surface area contributed by atoms with Crippen LogP contribution in [0, 0.1) is 5.41 Å². The van der Waals surface area contributed by atoms with Gasteiger partial charge in [0.25, 0.3) is 0 Å². The van der Waals surface area contributed by atoms with Gasteiger partial charge in [0.05, 0.1) is 5.41 Å². The van der Waals surface area contributed by atoms with Gasteiger partial charge >= 0.3 is 0 Å². The molecule has 0 spiro atoms. The van der Waals surface area contributed by atoms with Crippen LogP contribution < -0.4 is 0 Å². The second-order valence-electron chi connectivity index (χ2n) is 3.72. The molecule has 78 valence electrons. The zero-order chi connectivity index (χ0) is 11.1. The third-order valence-corrected chi connectivity index (χ3v) is 3.83. The van der Waals surface area contributed by atoms with Crippen molar-refractivity contribution in [3.8, 4) is 0 Å². The van der Waals surface area contributed by atoms with E-state index in [2.05, 4.69) is 0 Å². The summed E-state index contributed by atoms with van der Waals surface area (Å²) in [5, 5.41) is 0. The predicted octanol–water partition coefficient (Wildman–Crippen LogP) is 3.84. The minimum atomic E-state index is -1.43. The largest absolute Gasteiger partial charge is 0.290 e. The second-order valence-corrected chi connectivity index (χ2v) is 6.00. The quantitative estimate of drug-likeness (QED) is 0.600. The Morgan fingerprint density at radius 2 is 1.79 bits per heavy atom. The fraction of sp³-hybridized carbons (Fsp3) is 0.500. The number of alkyl halides is 3. The molecule has 1 rings (SSSR count). The van der Waals surface area contributed by atoms with Crippen LogP contribution >= 0.6 is 34.8 Å². The van der Waals surface area contributed by atoms with Crippen molar-refractivity contribution in [2.75, 3.05) is 0 Å². The Morgan fingerprint density at radius 1 is 1.29 bits per heavy atom. The van der Waals surface area contributed by atoms with Crippen molar-refractivity contribution in [3.05, 3.63) is 23.3 Å². The predicted molar refractivity (Wildman–Crippen MR) is 60.9 cm³/mol. The monoisotopic (exact) mass is 252 g/mol. The molecule has 0 N–H and O–H groups in total. The van der Waals surface area contributed by atoms with Gasteiger partial charge < -0.3 is 0 Å². The van der Waals surface area contributed by atoms with Crippen LogP contribution in [0.25, 0.3) is 0 Å². The van der Waals surface area contributed by atoms with Crippen LogP contribution in [0.1, 0.15) is 20.8 Å². The van der Waals surface area contributed by atoms with E-state index in [1.807, 2.05) is 6.92 Å². The molecule has 0 amide bonds. The molecule has 0 aromatic rings. The minimum absolute atomic E-state index is 0.0192. The van der Waals surface area contributed by atoms with E-state index in [1.165, 1.54) is 6.08 Å². The maximum Gasteiger partial charge on any atom is 0.202 e. The van der Waals surface area contributed by atoms with Crippen molar-refractivity contribution in [2.24, 2.45) is 5.41 Å². The average Bonchev–Trinajstić information content (AvgIpc) is 1.99. The maximum atomic E-state index is 11.3. The van der Waals surface area contributed by atoms with Crippen LogP contribution in [0.5, 0.6) is 0 Å². The summed E-state index contributed by atoms with van der Waals surface area (Å²) in [6.45, 7) is 5.32. The first-order valence-electron chi connectivity index (χ1n) is 4.18. The normalized spacial score (nSPS) is 28.6. The topological polar surface area (TPSA) is 17.1 Å². The third kappa shape index (κ3) is 1.86. The second kappa shape index (κ2) is 3.55. The van der Waals surface area contributed by atoms with E-state index in [-0.39, 0.29) is 5.78 Å². The summed E-state index contributed by atoms with van der Waals surface area (Å²) in [5.74, 6) is -0.0192. The highest BCUT2D eigenvalue weighted by molar-refractivity contribution is 6.68. The van der Waals surface area contributed by atoms with E-state index in [4.69, 9.17) is 34.8 Å². The molecule has 0 aromatic heterocycles. The fourth-order valence-corrected chi connectivity index (χ4v) is 1.99. The molecule has 0 radical (unpaired) electrons. The SMILES string of the molecule is CC1=C[C@](C)(C(Cl)(Cl)Cl)C(C)=CC1=O. The molecule has 0 heterocycles. The third-order valence-electron chi connectivity index (χ3n) is 2.65. The smallest absolute Gasteiger partial charge is 0.202 e. The highest BCUT2D eigenvalue weighted by Crippen LogP contribution is 2.51. The molecule has 1 aliphatic rings. The van der Waals surface area contributed by atoms with Gasteiger partial charge in [0, 0.05) is 0 Å². The molecule has 0 aromatic carbocycles. The van der Waals surface area contributed by atoms with Crippen molar-refractivity contribution in [1.29, 1.82) is 0 Å². The molecular formula is C10H11Cl3O. The summed E-state index contributed by atoms with van der Waals surface area (Å²) in [6, 6.07) is 0. The Labute approximate surface area is 98.7 Å². The maximum absolute atomic E-state index is 11.3. The van der Waals surface area contributed by atoms with Crippen LogP contribution in [0.4, 0.5) is 0 Å². The molecule has 4 heteroatoms. The van der Waals surface area contributed by atoms with Gasteiger partial charge in [-0.2, -0.15) is 0 Å². The van der Waals surface area contributed by atoms with Crippen LogP contribution in [-0.4, -0.2) is 9.58 Å². The lowest BCUT2D eigenvalue weighted by Crippen LogP contribution is -2.34. The number of halogens is 3. The Morgan fingerprint density at radius 3 is 2.21 bits per heavy atom. The van der Waals surface area contributed by atoms with Gasteiger partial charge in [-0.1, -0.05) is 46.5 Å². The van der Waals surface area contributed by atoms with Crippen molar-refractivity contribution in [1.82, 2.24) is 0 Å². The summed E-state index contributed by atoms with van der Waals surface area (Å²) >= 11 is 17.7.